The first-order chi connectivity index (χ1) is 16.0. The first-order valence-corrected chi connectivity index (χ1v) is 11.6. The van der Waals surface area contributed by atoms with Crippen LogP contribution in [0.1, 0.15) is 24.1 Å². The Morgan fingerprint density at radius 3 is 2.48 bits per heavy atom. The molecule has 2 amide bonds. The maximum absolute atomic E-state index is 12.8. The van der Waals surface area contributed by atoms with Crippen molar-refractivity contribution in [2.75, 3.05) is 44.7 Å². The van der Waals surface area contributed by atoms with Crippen molar-refractivity contribution in [2.45, 2.75) is 19.4 Å². The minimum absolute atomic E-state index is 0.320. The average Bonchev–Trinajstić information content (AvgIpc) is 2.84. The second-order valence-corrected chi connectivity index (χ2v) is 8.69. The highest BCUT2D eigenvalue weighted by atomic mass is 35.5. The molecule has 4 rings (SSSR count). The molecule has 0 aromatic heterocycles. The van der Waals surface area contributed by atoms with Crippen LogP contribution in [0.2, 0.25) is 5.02 Å². The van der Waals surface area contributed by atoms with Gasteiger partial charge in [-0.05, 0) is 35.7 Å². The summed E-state index contributed by atoms with van der Waals surface area (Å²) in [6.45, 7) is 5.80. The second-order valence-electron chi connectivity index (χ2n) is 8.25. The van der Waals surface area contributed by atoms with Crippen LogP contribution in [0.5, 0.6) is 0 Å². The van der Waals surface area contributed by atoms with Gasteiger partial charge < -0.3 is 20.3 Å². The lowest BCUT2D eigenvalue weighted by atomic mass is 9.94. The van der Waals surface area contributed by atoms with Crippen LogP contribution in [0, 0.1) is 0 Å². The molecular weight excluding hydrogens is 440 g/mol. The van der Waals surface area contributed by atoms with Gasteiger partial charge in [-0.1, -0.05) is 48.9 Å². The molecule has 0 radical (unpaired) electrons. The van der Waals surface area contributed by atoms with E-state index in [0.29, 0.717) is 17.8 Å². The number of nitrogens with one attached hydrogen (secondary N) is 2. The minimum atomic E-state index is -0.556. The Bertz CT molecular complexity index is 1050. The Labute approximate surface area is 199 Å². The lowest BCUT2D eigenvalue weighted by molar-refractivity contribution is -0.136. The molecule has 0 aliphatic carbocycles. The number of aryl methyl sites for hydroxylation is 1. The molecule has 1 atom stereocenters. The van der Waals surface area contributed by atoms with E-state index in [4.69, 9.17) is 16.3 Å². The summed E-state index contributed by atoms with van der Waals surface area (Å²) in [4.78, 5) is 29.8. The number of hydrogen-bond acceptors (Lipinski definition) is 5. The van der Waals surface area contributed by atoms with E-state index in [0.717, 1.165) is 48.9 Å². The highest BCUT2D eigenvalue weighted by Gasteiger charge is 2.34. The van der Waals surface area contributed by atoms with Crippen LogP contribution in [-0.4, -0.2) is 56.7 Å². The van der Waals surface area contributed by atoms with Crippen LogP contribution >= 0.6 is 11.6 Å². The number of piperazine rings is 1. The molecule has 2 heterocycles. The summed E-state index contributed by atoms with van der Waals surface area (Å²) in [7, 11) is 1.37. The lowest BCUT2D eigenvalue weighted by Gasteiger charge is -2.38. The fourth-order valence-electron chi connectivity index (χ4n) is 4.35. The number of nitrogens with zero attached hydrogens (tertiary/aromatic N) is 2. The molecule has 2 aliphatic heterocycles. The number of benzene rings is 2. The monoisotopic (exact) mass is 468 g/mol. The largest absolute Gasteiger partial charge is 0.466 e. The van der Waals surface area contributed by atoms with Gasteiger partial charge in [-0.2, -0.15) is 0 Å². The number of carbonyl (C=O) groups excluding carboxylic acids is 2. The van der Waals surface area contributed by atoms with Crippen molar-refractivity contribution in [1.82, 2.24) is 15.5 Å². The zero-order chi connectivity index (χ0) is 23.4. The van der Waals surface area contributed by atoms with Crippen LogP contribution in [0.25, 0.3) is 0 Å². The third-order valence-electron chi connectivity index (χ3n) is 6.21. The molecule has 0 bridgehead atoms. The number of hydrogen-bond donors (Lipinski definition) is 2. The Hall–Kier alpha value is -3.03. The van der Waals surface area contributed by atoms with Gasteiger partial charge in [0.05, 0.1) is 18.7 Å². The molecule has 33 heavy (non-hydrogen) atoms. The van der Waals surface area contributed by atoms with E-state index >= 15 is 0 Å². The fourth-order valence-corrected chi connectivity index (χ4v) is 4.53. The average molecular weight is 469 g/mol. The third-order valence-corrected chi connectivity index (χ3v) is 6.44. The van der Waals surface area contributed by atoms with Crippen molar-refractivity contribution in [1.29, 1.82) is 0 Å². The second kappa shape index (κ2) is 10.3. The topological polar surface area (TPSA) is 73.9 Å². The summed E-state index contributed by atoms with van der Waals surface area (Å²) in [5.41, 5.74) is 4.18. The summed E-state index contributed by atoms with van der Waals surface area (Å²) >= 11 is 6.14. The maximum atomic E-state index is 12.8. The lowest BCUT2D eigenvalue weighted by Crippen LogP contribution is -2.51. The Kier molecular flexibility index (Phi) is 7.20. The van der Waals surface area contributed by atoms with Crippen LogP contribution < -0.4 is 15.5 Å². The van der Waals surface area contributed by atoms with Crippen LogP contribution in [-0.2, 0) is 16.0 Å². The molecule has 2 aromatic carbocycles. The third kappa shape index (κ3) is 5.31. The SMILES string of the molecule is CCc1ccc([C@H]2NC(=O)NC(CN3CCN(c4cccc(Cl)c4)CC3)=C2C(=O)OC)cc1. The normalized spacial score (nSPS) is 19.2. The van der Waals surface area contributed by atoms with Crippen molar-refractivity contribution in [2.24, 2.45) is 0 Å². The molecule has 0 spiro atoms. The van der Waals surface area contributed by atoms with Gasteiger partial charge in [0, 0.05) is 49.1 Å². The number of amides is 2. The number of rotatable bonds is 6. The summed E-state index contributed by atoms with van der Waals surface area (Å²) in [6, 6.07) is 14.9. The van der Waals surface area contributed by atoms with Gasteiger partial charge in [0.25, 0.3) is 0 Å². The zero-order valence-electron chi connectivity index (χ0n) is 18.9. The number of urea groups is 1. The molecule has 0 unspecified atom stereocenters. The quantitative estimate of drug-likeness (QED) is 0.635. The Morgan fingerprint density at radius 2 is 1.85 bits per heavy atom. The van der Waals surface area contributed by atoms with Gasteiger partial charge in [0.15, 0.2) is 0 Å². The molecule has 1 fully saturated rings. The molecule has 7 nitrogen and oxygen atoms in total. The Balaban J connectivity index is 1.54. The maximum Gasteiger partial charge on any atom is 0.338 e. The molecule has 0 saturated carbocycles. The van der Waals surface area contributed by atoms with E-state index < -0.39 is 12.0 Å². The van der Waals surface area contributed by atoms with Gasteiger partial charge in [0.1, 0.15) is 0 Å². The van der Waals surface area contributed by atoms with Crippen molar-refractivity contribution < 1.29 is 14.3 Å². The van der Waals surface area contributed by atoms with Gasteiger partial charge in [-0.3, -0.25) is 4.90 Å². The van der Waals surface area contributed by atoms with Crippen molar-refractivity contribution in [3.8, 4) is 0 Å². The molecule has 2 aliphatic rings. The standard InChI is InChI=1S/C25H29ClN4O3/c1-3-17-7-9-18(10-8-17)23-22(24(31)33-2)21(27-25(32)28-23)16-29-11-13-30(14-12-29)20-6-4-5-19(26)15-20/h4-10,15,23H,3,11-14,16H2,1-2H3,(H2,27,28,32)/t23-/m1/s1. The molecule has 8 heteroatoms. The van der Waals surface area contributed by atoms with Gasteiger partial charge in [-0.15, -0.1) is 0 Å². The summed E-state index contributed by atoms with van der Waals surface area (Å²) in [5.74, 6) is -0.445. The number of anilines is 1. The highest BCUT2D eigenvalue weighted by Crippen LogP contribution is 2.29. The van der Waals surface area contributed by atoms with E-state index in [9.17, 15) is 9.59 Å². The van der Waals surface area contributed by atoms with E-state index in [2.05, 4.69) is 33.4 Å². The van der Waals surface area contributed by atoms with E-state index in [1.165, 1.54) is 12.7 Å². The first-order valence-electron chi connectivity index (χ1n) is 11.2. The van der Waals surface area contributed by atoms with E-state index in [1.807, 2.05) is 42.5 Å². The molecule has 174 valence electrons. The minimum Gasteiger partial charge on any atom is -0.466 e. The van der Waals surface area contributed by atoms with Gasteiger partial charge >= 0.3 is 12.0 Å². The molecular formula is C25H29ClN4O3. The van der Waals surface area contributed by atoms with Crippen molar-refractivity contribution >= 4 is 29.3 Å². The predicted molar refractivity (Wildman–Crippen MR) is 129 cm³/mol. The van der Waals surface area contributed by atoms with E-state index in [1.54, 1.807) is 0 Å². The molecule has 2 aromatic rings. The molecule has 2 N–H and O–H groups in total. The first kappa shape index (κ1) is 23.1. The number of halogens is 1. The van der Waals surface area contributed by atoms with Crippen LogP contribution in [0.3, 0.4) is 0 Å². The van der Waals surface area contributed by atoms with E-state index in [-0.39, 0.29) is 6.03 Å². The smallest absolute Gasteiger partial charge is 0.338 e. The fraction of sp³-hybridized carbons (Fsp3) is 0.360. The van der Waals surface area contributed by atoms with Crippen LogP contribution in [0.4, 0.5) is 10.5 Å². The number of esters is 1. The summed E-state index contributed by atoms with van der Waals surface area (Å²) in [6.07, 6.45) is 0.922. The number of methoxy groups -OCH3 is 1. The number of carbonyl (C=O) groups is 2. The number of ether oxygens (including phenoxy) is 1. The molecule has 1 saturated heterocycles. The Morgan fingerprint density at radius 1 is 1.12 bits per heavy atom. The highest BCUT2D eigenvalue weighted by molar-refractivity contribution is 6.30. The summed E-state index contributed by atoms with van der Waals surface area (Å²) in [5, 5.41) is 6.47. The van der Waals surface area contributed by atoms with Crippen LogP contribution in [0.15, 0.2) is 59.8 Å². The van der Waals surface area contributed by atoms with Crippen molar-refractivity contribution in [3.63, 3.8) is 0 Å². The van der Waals surface area contributed by atoms with Gasteiger partial charge in [0.2, 0.25) is 0 Å². The predicted octanol–water partition coefficient (Wildman–Crippen LogP) is 3.51. The zero-order valence-corrected chi connectivity index (χ0v) is 19.7. The summed E-state index contributed by atoms with van der Waals surface area (Å²) < 4.78 is 5.10. The van der Waals surface area contributed by atoms with Gasteiger partial charge in [-0.25, -0.2) is 9.59 Å². The van der Waals surface area contributed by atoms with Crippen molar-refractivity contribution in [3.05, 3.63) is 76.0 Å².